The molecule has 0 spiro atoms. The minimum absolute atomic E-state index is 0.215. The number of nitrogens with zero attached hydrogens (tertiary/aromatic N) is 4. The third kappa shape index (κ3) is 6.70. The number of benzene rings is 3. The van der Waals surface area contributed by atoms with Gasteiger partial charge in [0, 0.05) is 30.4 Å². The number of piperidine rings is 1. The molecule has 1 saturated heterocycles. The highest BCUT2D eigenvalue weighted by Crippen LogP contribution is 2.38. The lowest BCUT2D eigenvalue weighted by Gasteiger charge is -2.37. The number of aliphatic hydroxyl groups excluding tert-OH is 1. The van der Waals surface area contributed by atoms with E-state index in [0.717, 1.165) is 37.1 Å². The molecule has 0 bridgehead atoms. The fourth-order valence-electron chi connectivity index (χ4n) is 5.74. The van der Waals surface area contributed by atoms with Crippen molar-refractivity contribution in [2.75, 3.05) is 26.2 Å². The average molecular weight is 547 g/mol. The molecular formula is C34H34N4O3. The molecule has 2 aromatic heterocycles. The number of rotatable bonds is 10. The summed E-state index contributed by atoms with van der Waals surface area (Å²) in [5, 5.41) is 14.9. The molecule has 3 heterocycles. The van der Waals surface area contributed by atoms with Crippen LogP contribution in [0.25, 0.3) is 22.8 Å². The highest BCUT2D eigenvalue weighted by Gasteiger charge is 2.29. The van der Waals surface area contributed by atoms with Gasteiger partial charge in [-0.3, -0.25) is 4.98 Å². The van der Waals surface area contributed by atoms with Crippen LogP contribution in [0, 0.1) is 5.92 Å². The van der Waals surface area contributed by atoms with Gasteiger partial charge in [0.15, 0.2) is 0 Å². The molecule has 0 saturated carbocycles. The van der Waals surface area contributed by atoms with Gasteiger partial charge in [0.2, 0.25) is 5.82 Å². The maximum atomic E-state index is 10.8. The standard InChI is InChI=1S/C34H34N4O3/c39-30(24-40-31-15-7-13-28(21-31)33-36-34(41-37-33)29-14-8-18-35-22-29)23-38-19-16-27(17-20-38)32(25-9-3-1-4-10-25)26-11-5-2-6-12-26/h1-15,18,21-22,27,30,32,39H,16-17,19-20,23-24H2. The molecule has 1 atom stereocenters. The molecule has 41 heavy (non-hydrogen) atoms. The first kappa shape index (κ1) is 26.9. The summed E-state index contributed by atoms with van der Waals surface area (Å²) in [4.78, 5) is 10.9. The molecule has 1 unspecified atom stereocenters. The highest BCUT2D eigenvalue weighted by atomic mass is 16.5. The topological polar surface area (TPSA) is 84.5 Å². The van der Waals surface area contributed by atoms with E-state index in [-0.39, 0.29) is 6.61 Å². The normalized spacial score (nSPS) is 15.2. The summed E-state index contributed by atoms with van der Waals surface area (Å²) in [6.07, 6.45) is 4.99. The predicted molar refractivity (Wildman–Crippen MR) is 158 cm³/mol. The lowest BCUT2D eigenvalue weighted by Crippen LogP contribution is -2.41. The summed E-state index contributed by atoms with van der Waals surface area (Å²) in [6, 6.07) is 32.9. The van der Waals surface area contributed by atoms with Crippen LogP contribution in [-0.4, -0.2) is 57.5 Å². The van der Waals surface area contributed by atoms with Crippen molar-refractivity contribution in [2.45, 2.75) is 24.9 Å². The largest absolute Gasteiger partial charge is 0.491 e. The maximum absolute atomic E-state index is 10.8. The van der Waals surface area contributed by atoms with Gasteiger partial charge < -0.3 is 19.3 Å². The van der Waals surface area contributed by atoms with Crippen molar-refractivity contribution in [1.29, 1.82) is 0 Å². The minimum Gasteiger partial charge on any atom is -0.491 e. The lowest BCUT2D eigenvalue weighted by molar-refractivity contribution is 0.0538. The van der Waals surface area contributed by atoms with Crippen LogP contribution < -0.4 is 4.74 Å². The molecule has 0 amide bonds. The Kier molecular flexibility index (Phi) is 8.45. The zero-order valence-electron chi connectivity index (χ0n) is 22.9. The molecule has 0 aliphatic carbocycles. The van der Waals surface area contributed by atoms with Crippen LogP contribution in [0.3, 0.4) is 0 Å². The van der Waals surface area contributed by atoms with Crippen LogP contribution in [0.15, 0.2) is 114 Å². The lowest BCUT2D eigenvalue weighted by atomic mass is 9.76. The Morgan fingerprint density at radius 1 is 0.854 bits per heavy atom. The van der Waals surface area contributed by atoms with E-state index in [0.29, 0.717) is 35.8 Å². The van der Waals surface area contributed by atoms with Crippen molar-refractivity contribution >= 4 is 0 Å². The van der Waals surface area contributed by atoms with E-state index < -0.39 is 6.10 Å². The molecule has 208 valence electrons. The Balaban J connectivity index is 1.02. The van der Waals surface area contributed by atoms with Crippen LogP contribution in [0.2, 0.25) is 0 Å². The summed E-state index contributed by atoms with van der Waals surface area (Å²) in [5.74, 6) is 2.50. The zero-order chi connectivity index (χ0) is 27.9. The third-order valence-electron chi connectivity index (χ3n) is 7.76. The molecule has 7 nitrogen and oxygen atoms in total. The predicted octanol–water partition coefficient (Wildman–Crippen LogP) is 6.08. The van der Waals surface area contributed by atoms with E-state index in [1.807, 2.05) is 36.4 Å². The summed E-state index contributed by atoms with van der Waals surface area (Å²) >= 11 is 0. The second kappa shape index (κ2) is 12.9. The van der Waals surface area contributed by atoms with Gasteiger partial charge in [0.25, 0.3) is 5.89 Å². The third-order valence-corrected chi connectivity index (χ3v) is 7.76. The van der Waals surface area contributed by atoms with Gasteiger partial charge in [-0.25, -0.2) is 0 Å². The van der Waals surface area contributed by atoms with Crippen molar-refractivity contribution in [3.63, 3.8) is 0 Å². The fourth-order valence-corrected chi connectivity index (χ4v) is 5.74. The Labute approximate surface area is 240 Å². The van der Waals surface area contributed by atoms with Gasteiger partial charge in [-0.1, -0.05) is 78.0 Å². The first-order valence-corrected chi connectivity index (χ1v) is 14.2. The molecule has 1 aliphatic heterocycles. The Morgan fingerprint density at radius 2 is 1.56 bits per heavy atom. The van der Waals surface area contributed by atoms with E-state index >= 15 is 0 Å². The number of β-amino-alcohol motifs (C(OH)–C–C–N with tert-alkyl or cyclic N) is 1. The molecule has 1 fully saturated rings. The smallest absolute Gasteiger partial charge is 0.259 e. The Hall–Kier alpha value is -4.33. The number of aromatic nitrogens is 3. The van der Waals surface area contributed by atoms with Crippen molar-refractivity contribution in [2.24, 2.45) is 5.92 Å². The summed E-state index contributed by atoms with van der Waals surface area (Å²) in [5.41, 5.74) is 4.30. The number of ether oxygens (including phenoxy) is 1. The van der Waals surface area contributed by atoms with Gasteiger partial charge in [-0.05, 0) is 67.2 Å². The molecule has 3 aromatic carbocycles. The minimum atomic E-state index is -0.586. The van der Waals surface area contributed by atoms with Gasteiger partial charge >= 0.3 is 0 Å². The SMILES string of the molecule is OC(COc1cccc(-c2noc(-c3cccnc3)n2)c1)CN1CCC(C(c2ccccc2)c2ccccc2)CC1. The average Bonchev–Trinajstić information content (AvgIpc) is 3.54. The molecular weight excluding hydrogens is 512 g/mol. The Morgan fingerprint density at radius 3 is 2.24 bits per heavy atom. The molecule has 7 heteroatoms. The van der Waals surface area contributed by atoms with E-state index in [1.54, 1.807) is 12.4 Å². The van der Waals surface area contributed by atoms with E-state index in [9.17, 15) is 5.11 Å². The van der Waals surface area contributed by atoms with Crippen LogP contribution >= 0.6 is 0 Å². The van der Waals surface area contributed by atoms with E-state index in [2.05, 4.69) is 80.7 Å². The van der Waals surface area contributed by atoms with Gasteiger partial charge in [0.1, 0.15) is 18.5 Å². The quantitative estimate of drug-likeness (QED) is 0.227. The van der Waals surface area contributed by atoms with Crippen molar-refractivity contribution in [3.8, 4) is 28.6 Å². The van der Waals surface area contributed by atoms with Crippen molar-refractivity contribution < 1.29 is 14.4 Å². The maximum Gasteiger partial charge on any atom is 0.259 e. The zero-order valence-corrected chi connectivity index (χ0v) is 22.9. The number of likely N-dealkylation sites (tertiary alicyclic amines) is 1. The summed E-state index contributed by atoms with van der Waals surface area (Å²) in [6.45, 7) is 2.73. The number of aliphatic hydroxyl groups is 1. The van der Waals surface area contributed by atoms with Gasteiger partial charge in [-0.15, -0.1) is 0 Å². The monoisotopic (exact) mass is 546 g/mol. The second-order valence-electron chi connectivity index (χ2n) is 10.6. The number of hydrogen-bond donors (Lipinski definition) is 1. The van der Waals surface area contributed by atoms with Crippen LogP contribution in [0.5, 0.6) is 5.75 Å². The molecule has 0 radical (unpaired) electrons. The first-order valence-electron chi connectivity index (χ1n) is 14.2. The van der Waals surface area contributed by atoms with Crippen molar-refractivity contribution in [1.82, 2.24) is 20.0 Å². The van der Waals surface area contributed by atoms with Crippen LogP contribution in [0.4, 0.5) is 0 Å². The van der Waals surface area contributed by atoms with Crippen LogP contribution in [0.1, 0.15) is 29.9 Å². The Bertz CT molecular complexity index is 1460. The van der Waals surface area contributed by atoms with Crippen LogP contribution in [-0.2, 0) is 0 Å². The van der Waals surface area contributed by atoms with E-state index in [4.69, 9.17) is 9.26 Å². The second-order valence-corrected chi connectivity index (χ2v) is 10.6. The molecule has 6 rings (SSSR count). The van der Waals surface area contributed by atoms with Crippen molar-refractivity contribution in [3.05, 3.63) is 121 Å². The summed E-state index contributed by atoms with van der Waals surface area (Å²) < 4.78 is 11.4. The van der Waals surface area contributed by atoms with Gasteiger partial charge in [0.05, 0.1) is 5.56 Å². The first-order chi connectivity index (χ1) is 20.2. The molecule has 1 N–H and O–H groups in total. The highest BCUT2D eigenvalue weighted by molar-refractivity contribution is 5.60. The van der Waals surface area contributed by atoms with E-state index in [1.165, 1.54) is 11.1 Å². The molecule has 5 aromatic rings. The number of pyridine rings is 1. The summed E-state index contributed by atoms with van der Waals surface area (Å²) in [7, 11) is 0. The fraction of sp³-hybridized carbons (Fsp3) is 0.265. The number of hydrogen-bond acceptors (Lipinski definition) is 7. The molecule has 1 aliphatic rings. The van der Waals surface area contributed by atoms with Gasteiger partial charge in [-0.2, -0.15) is 4.98 Å².